The van der Waals surface area contributed by atoms with Gasteiger partial charge in [0.05, 0.1) is 11.0 Å². The molecule has 30 heavy (non-hydrogen) atoms. The summed E-state index contributed by atoms with van der Waals surface area (Å²) in [5.74, 6) is 0.863. The molecule has 7 heteroatoms. The molecule has 1 aliphatic carbocycles. The van der Waals surface area contributed by atoms with E-state index in [1.54, 1.807) is 0 Å². The number of rotatable bonds is 4. The molecule has 2 N–H and O–H groups in total. The van der Waals surface area contributed by atoms with Gasteiger partial charge >= 0.3 is 0 Å². The summed E-state index contributed by atoms with van der Waals surface area (Å²) in [5.41, 5.74) is 2.69. The number of nitrogens with zero attached hydrogens (tertiary/aromatic N) is 4. The van der Waals surface area contributed by atoms with Gasteiger partial charge in [-0.15, -0.1) is 0 Å². The summed E-state index contributed by atoms with van der Waals surface area (Å²) >= 11 is 0. The second-order valence-corrected chi connectivity index (χ2v) is 8.37. The Hall–Kier alpha value is -2.74. The van der Waals surface area contributed by atoms with E-state index in [2.05, 4.69) is 4.57 Å². The Bertz CT molecular complexity index is 1080. The van der Waals surface area contributed by atoms with Crippen LogP contribution < -0.4 is 0 Å². The molecule has 0 radical (unpaired) electrons. The van der Waals surface area contributed by atoms with Crippen LogP contribution in [0.3, 0.4) is 0 Å². The molecular formula is C23H26N4O3. The van der Waals surface area contributed by atoms with Crippen molar-refractivity contribution in [2.24, 2.45) is 7.05 Å². The van der Waals surface area contributed by atoms with E-state index >= 15 is 0 Å². The minimum absolute atomic E-state index is 0.00850. The van der Waals surface area contributed by atoms with Gasteiger partial charge in [-0.3, -0.25) is 9.69 Å². The number of benzene rings is 2. The average Bonchev–Trinajstić information content (AvgIpc) is 3.46. The summed E-state index contributed by atoms with van der Waals surface area (Å²) in [4.78, 5) is 21.3. The largest absolute Gasteiger partial charge is 0.386 e. The lowest BCUT2D eigenvalue weighted by atomic mass is 10.1. The van der Waals surface area contributed by atoms with Gasteiger partial charge in [-0.1, -0.05) is 24.3 Å². The van der Waals surface area contributed by atoms with Gasteiger partial charge in [0.25, 0.3) is 5.91 Å². The summed E-state index contributed by atoms with van der Waals surface area (Å²) in [5, 5.41) is 20.4. The zero-order chi connectivity index (χ0) is 20.9. The molecule has 2 heterocycles. The minimum Gasteiger partial charge on any atom is -0.386 e. The Morgan fingerprint density at radius 3 is 2.33 bits per heavy atom. The molecule has 1 saturated carbocycles. The van der Waals surface area contributed by atoms with Gasteiger partial charge in [-0.2, -0.15) is 0 Å². The van der Waals surface area contributed by atoms with Crippen molar-refractivity contribution in [3.05, 3.63) is 54.1 Å². The van der Waals surface area contributed by atoms with Crippen molar-refractivity contribution in [3.63, 3.8) is 0 Å². The molecule has 2 aromatic carbocycles. The van der Waals surface area contributed by atoms with E-state index in [9.17, 15) is 15.0 Å². The number of carbonyl (C=O) groups excluding carboxylic acids is 1. The predicted molar refractivity (Wildman–Crippen MR) is 114 cm³/mol. The number of para-hydroxylation sites is 2. The monoisotopic (exact) mass is 406 g/mol. The van der Waals surface area contributed by atoms with Crippen molar-refractivity contribution >= 4 is 16.9 Å². The Balaban J connectivity index is 1.27. The Kier molecular flexibility index (Phi) is 4.61. The van der Waals surface area contributed by atoms with E-state index in [0.717, 1.165) is 22.4 Å². The number of hydrogen-bond acceptors (Lipinski definition) is 5. The highest BCUT2D eigenvalue weighted by molar-refractivity contribution is 5.94. The fraction of sp³-hybridized carbons (Fsp3) is 0.391. The third-order valence-electron chi connectivity index (χ3n) is 6.37. The van der Waals surface area contributed by atoms with Crippen LogP contribution in [-0.2, 0) is 7.05 Å². The highest BCUT2D eigenvalue weighted by Crippen LogP contribution is 2.39. The lowest BCUT2D eigenvalue weighted by Gasteiger charge is -2.38. The summed E-state index contributed by atoms with van der Waals surface area (Å²) in [6.07, 6.45) is 0.457. The SMILES string of the molecule is Cn1c(-c2ccc(C(=O)N3CCN(C(O)C4(O)CC4)CC3)cc2)nc2ccccc21. The predicted octanol–water partition coefficient (Wildman–Crippen LogP) is 1.84. The lowest BCUT2D eigenvalue weighted by molar-refractivity contribution is -0.108. The van der Waals surface area contributed by atoms with Gasteiger partial charge in [-0.25, -0.2) is 4.98 Å². The van der Waals surface area contributed by atoms with Crippen LogP contribution in [0.2, 0.25) is 0 Å². The molecule has 7 nitrogen and oxygen atoms in total. The van der Waals surface area contributed by atoms with Crippen LogP contribution in [-0.4, -0.2) is 73.5 Å². The number of aliphatic hydroxyl groups excluding tert-OH is 1. The van der Waals surface area contributed by atoms with Gasteiger partial charge in [0, 0.05) is 44.4 Å². The fourth-order valence-corrected chi connectivity index (χ4v) is 4.24. The van der Waals surface area contributed by atoms with E-state index < -0.39 is 11.8 Å². The first-order valence-electron chi connectivity index (χ1n) is 10.4. The van der Waals surface area contributed by atoms with Crippen molar-refractivity contribution in [1.82, 2.24) is 19.4 Å². The summed E-state index contributed by atoms with van der Waals surface area (Å²) in [7, 11) is 2.00. The van der Waals surface area contributed by atoms with Crippen LogP contribution in [0, 0.1) is 0 Å². The number of amides is 1. The molecule has 0 spiro atoms. The average molecular weight is 406 g/mol. The van der Waals surface area contributed by atoms with Crippen molar-refractivity contribution in [2.45, 2.75) is 24.7 Å². The molecule has 1 saturated heterocycles. The second-order valence-electron chi connectivity index (χ2n) is 8.37. The Labute approximate surface area is 175 Å². The molecule has 0 bridgehead atoms. The normalized spacial score (nSPS) is 19.8. The molecule has 3 aromatic rings. The number of fused-ring (bicyclic) bond motifs is 1. The lowest BCUT2D eigenvalue weighted by Crippen LogP contribution is -2.55. The summed E-state index contributed by atoms with van der Waals surface area (Å²) < 4.78 is 2.06. The van der Waals surface area contributed by atoms with Crippen LogP contribution in [0.1, 0.15) is 23.2 Å². The maximum absolute atomic E-state index is 12.9. The molecule has 1 amide bonds. The van der Waals surface area contributed by atoms with Gasteiger partial charge in [0.15, 0.2) is 0 Å². The van der Waals surface area contributed by atoms with E-state index in [4.69, 9.17) is 4.98 Å². The number of hydrogen-bond donors (Lipinski definition) is 2. The van der Waals surface area contributed by atoms with Gasteiger partial charge in [0.2, 0.25) is 0 Å². The number of carbonyl (C=O) groups is 1. The first kappa shape index (κ1) is 19.2. The smallest absolute Gasteiger partial charge is 0.253 e. The maximum atomic E-state index is 12.9. The zero-order valence-corrected chi connectivity index (χ0v) is 17.0. The molecular weight excluding hydrogens is 380 g/mol. The molecule has 2 aliphatic rings. The van der Waals surface area contributed by atoms with Crippen molar-refractivity contribution in [3.8, 4) is 11.4 Å². The van der Waals surface area contributed by atoms with Crippen LogP contribution in [0.25, 0.3) is 22.4 Å². The third kappa shape index (κ3) is 3.29. The van der Waals surface area contributed by atoms with Crippen LogP contribution >= 0.6 is 0 Å². The topological polar surface area (TPSA) is 81.8 Å². The number of aryl methyl sites for hydroxylation is 1. The first-order chi connectivity index (χ1) is 14.5. The molecule has 1 aliphatic heterocycles. The second kappa shape index (κ2) is 7.19. The highest BCUT2D eigenvalue weighted by Gasteiger charge is 2.50. The molecule has 156 valence electrons. The standard InChI is InChI=1S/C23H26N4O3/c1-25-19-5-3-2-4-18(19)24-20(25)16-6-8-17(9-7-16)21(28)26-12-14-27(15-13-26)22(29)23(30)10-11-23/h2-9,22,29-30H,10-15H2,1H3. The molecule has 2 fully saturated rings. The van der Waals surface area contributed by atoms with Crippen LogP contribution in [0.5, 0.6) is 0 Å². The third-order valence-corrected chi connectivity index (χ3v) is 6.37. The molecule has 1 unspecified atom stereocenters. The van der Waals surface area contributed by atoms with Gasteiger partial charge in [-0.05, 0) is 37.1 Å². The highest BCUT2D eigenvalue weighted by atomic mass is 16.4. The Morgan fingerprint density at radius 2 is 1.70 bits per heavy atom. The summed E-state index contributed by atoms with van der Waals surface area (Å²) in [6.45, 7) is 2.21. The van der Waals surface area contributed by atoms with E-state index in [1.807, 2.05) is 65.4 Å². The number of aromatic nitrogens is 2. The van der Waals surface area contributed by atoms with Gasteiger partial charge < -0.3 is 19.7 Å². The van der Waals surface area contributed by atoms with Crippen molar-refractivity contribution in [2.75, 3.05) is 26.2 Å². The fourth-order valence-electron chi connectivity index (χ4n) is 4.24. The van der Waals surface area contributed by atoms with E-state index in [-0.39, 0.29) is 5.91 Å². The first-order valence-corrected chi connectivity index (χ1v) is 10.4. The molecule has 1 atom stereocenters. The van der Waals surface area contributed by atoms with Crippen LogP contribution in [0.15, 0.2) is 48.5 Å². The number of piperazine rings is 1. The quantitative estimate of drug-likeness (QED) is 0.691. The van der Waals surface area contributed by atoms with E-state index in [1.165, 1.54) is 0 Å². The minimum atomic E-state index is -0.947. The van der Waals surface area contributed by atoms with Crippen molar-refractivity contribution in [1.29, 1.82) is 0 Å². The Morgan fingerprint density at radius 1 is 1.03 bits per heavy atom. The van der Waals surface area contributed by atoms with Gasteiger partial charge in [0.1, 0.15) is 17.7 Å². The summed E-state index contributed by atoms with van der Waals surface area (Å²) in [6, 6.07) is 15.6. The maximum Gasteiger partial charge on any atom is 0.253 e. The van der Waals surface area contributed by atoms with Crippen LogP contribution in [0.4, 0.5) is 0 Å². The molecule has 1 aromatic heterocycles. The van der Waals surface area contributed by atoms with Crippen molar-refractivity contribution < 1.29 is 15.0 Å². The van der Waals surface area contributed by atoms with E-state index in [0.29, 0.717) is 44.6 Å². The number of imidazole rings is 1. The molecule has 5 rings (SSSR count). The zero-order valence-electron chi connectivity index (χ0n) is 17.0. The number of aliphatic hydroxyl groups is 2.